The Labute approximate surface area is 210 Å². The van der Waals surface area contributed by atoms with E-state index in [2.05, 4.69) is 9.72 Å². The fourth-order valence-electron chi connectivity index (χ4n) is 5.60. The number of halogens is 3. The maximum atomic E-state index is 14.9. The van der Waals surface area contributed by atoms with E-state index >= 15 is 0 Å². The highest BCUT2D eigenvalue weighted by Gasteiger charge is 2.44. The molecular formula is C27H25F3N4O3. The maximum absolute atomic E-state index is 14.9. The Morgan fingerprint density at radius 3 is 2.51 bits per heavy atom. The van der Waals surface area contributed by atoms with Crippen LogP contribution in [-0.4, -0.2) is 40.0 Å². The number of amides is 1. The molecule has 2 saturated heterocycles. The lowest BCUT2D eigenvalue weighted by Gasteiger charge is -2.30. The Morgan fingerprint density at radius 1 is 1.03 bits per heavy atom. The van der Waals surface area contributed by atoms with E-state index in [9.17, 15) is 18.0 Å². The molecule has 4 aromatic rings. The number of ether oxygens (including phenoxy) is 1. The predicted molar refractivity (Wildman–Crippen MR) is 130 cm³/mol. The third-order valence-corrected chi connectivity index (χ3v) is 7.32. The van der Waals surface area contributed by atoms with Gasteiger partial charge in [0.1, 0.15) is 11.6 Å². The highest BCUT2D eigenvalue weighted by atomic mass is 19.2. The van der Waals surface area contributed by atoms with Crippen molar-refractivity contribution in [2.45, 2.75) is 51.4 Å². The van der Waals surface area contributed by atoms with Gasteiger partial charge >= 0.3 is 0 Å². The van der Waals surface area contributed by atoms with E-state index in [0.29, 0.717) is 30.3 Å². The molecular weight excluding hydrogens is 485 g/mol. The number of carbonyl (C=O) groups is 1. The van der Waals surface area contributed by atoms with Crippen LogP contribution in [-0.2, 0) is 9.53 Å². The van der Waals surface area contributed by atoms with Gasteiger partial charge in [-0.3, -0.25) is 9.69 Å². The molecule has 0 saturated carbocycles. The van der Waals surface area contributed by atoms with E-state index in [4.69, 9.17) is 14.2 Å². The number of fused-ring (bicyclic) bond motifs is 1. The fourth-order valence-corrected chi connectivity index (χ4v) is 5.60. The third kappa shape index (κ3) is 3.90. The Hall–Kier alpha value is -3.66. The Morgan fingerprint density at radius 2 is 1.81 bits per heavy atom. The van der Waals surface area contributed by atoms with Crippen molar-refractivity contribution in [2.75, 3.05) is 18.1 Å². The van der Waals surface area contributed by atoms with Gasteiger partial charge in [0.2, 0.25) is 0 Å². The largest absolute Gasteiger partial charge is 0.381 e. The molecule has 2 aromatic carbocycles. The molecule has 2 aromatic heterocycles. The summed E-state index contributed by atoms with van der Waals surface area (Å²) < 4.78 is 55.6. The number of aromatic nitrogens is 3. The minimum atomic E-state index is -1.78. The molecule has 2 aliphatic heterocycles. The molecule has 37 heavy (non-hydrogen) atoms. The lowest BCUT2D eigenvalue weighted by Crippen LogP contribution is -2.32. The van der Waals surface area contributed by atoms with Crippen LogP contribution in [0.4, 0.5) is 18.9 Å². The first kappa shape index (κ1) is 23.7. The van der Waals surface area contributed by atoms with E-state index in [-0.39, 0.29) is 18.2 Å². The number of imidazole rings is 1. The number of benzene rings is 2. The van der Waals surface area contributed by atoms with Crippen molar-refractivity contribution in [3.8, 4) is 11.1 Å². The van der Waals surface area contributed by atoms with Crippen molar-refractivity contribution in [1.82, 2.24) is 14.7 Å². The van der Waals surface area contributed by atoms with Crippen LogP contribution in [0.3, 0.4) is 0 Å². The van der Waals surface area contributed by atoms with Crippen molar-refractivity contribution in [3.05, 3.63) is 65.3 Å². The van der Waals surface area contributed by atoms with E-state index < -0.39 is 29.8 Å². The normalized spacial score (nSPS) is 20.9. The number of alkyl halides is 1. The predicted octanol–water partition coefficient (Wildman–Crippen LogP) is 5.75. The number of hydrogen-bond acceptors (Lipinski definition) is 5. The molecule has 1 amide bonds. The summed E-state index contributed by atoms with van der Waals surface area (Å²) >= 11 is 0. The minimum absolute atomic E-state index is 0.0271. The zero-order chi connectivity index (χ0) is 25.8. The first-order valence-electron chi connectivity index (χ1n) is 12.3. The van der Waals surface area contributed by atoms with E-state index in [1.54, 1.807) is 0 Å². The first-order valence-corrected chi connectivity index (χ1v) is 12.3. The second-order valence-electron chi connectivity index (χ2n) is 9.61. The minimum Gasteiger partial charge on any atom is -0.381 e. The number of rotatable bonds is 4. The summed E-state index contributed by atoms with van der Waals surface area (Å²) in [6.07, 6.45) is -0.454. The Kier molecular flexibility index (Phi) is 5.78. The van der Waals surface area contributed by atoms with E-state index in [0.717, 1.165) is 47.3 Å². The van der Waals surface area contributed by atoms with Gasteiger partial charge in [0.05, 0.1) is 22.8 Å². The van der Waals surface area contributed by atoms with Crippen LogP contribution in [0.1, 0.15) is 48.6 Å². The summed E-state index contributed by atoms with van der Waals surface area (Å²) in [4.78, 5) is 19.1. The summed E-state index contributed by atoms with van der Waals surface area (Å²) in [6, 6.07) is 8.28. The summed E-state index contributed by atoms with van der Waals surface area (Å²) in [5.74, 6) is -1.74. The lowest BCUT2D eigenvalue weighted by atomic mass is 10.0. The average molecular weight is 511 g/mol. The van der Waals surface area contributed by atoms with Gasteiger partial charge in [0.15, 0.2) is 17.8 Å². The lowest BCUT2D eigenvalue weighted by molar-refractivity contribution is -0.121. The molecule has 4 heterocycles. The van der Waals surface area contributed by atoms with Crippen LogP contribution in [0.25, 0.3) is 22.2 Å². The van der Waals surface area contributed by atoms with Gasteiger partial charge in [-0.05, 0) is 56.5 Å². The van der Waals surface area contributed by atoms with Gasteiger partial charge in [-0.2, -0.15) is 0 Å². The van der Waals surface area contributed by atoms with Gasteiger partial charge in [-0.15, -0.1) is 0 Å². The standard InChI is InChI=1S/C27H25F3N4O3/c1-14-25(15(2)37-32-14)16-3-6-23-22(11-16)31-26(33(23)17-7-9-36-10-8-17)24-13-21(30)27(35)34(24)18-4-5-19(28)20(29)12-18/h3-6,11-12,17,21,24H,7-10,13H2,1-2H3/t21-,24-/m0/s1. The molecule has 7 nitrogen and oxygen atoms in total. The topological polar surface area (TPSA) is 73.4 Å². The van der Waals surface area contributed by atoms with Gasteiger partial charge in [0.25, 0.3) is 5.91 Å². The van der Waals surface area contributed by atoms with Gasteiger partial charge in [-0.1, -0.05) is 11.2 Å². The van der Waals surface area contributed by atoms with Crippen molar-refractivity contribution >= 4 is 22.6 Å². The van der Waals surface area contributed by atoms with Crippen LogP contribution in [0, 0.1) is 25.5 Å². The summed E-state index contributed by atoms with van der Waals surface area (Å²) in [5, 5.41) is 4.05. The monoisotopic (exact) mass is 510 g/mol. The maximum Gasteiger partial charge on any atom is 0.262 e. The number of nitrogens with zero attached hydrogens (tertiary/aromatic N) is 4. The summed E-state index contributed by atoms with van der Waals surface area (Å²) in [5.41, 5.74) is 4.14. The quantitative estimate of drug-likeness (QED) is 0.349. The Bertz CT molecular complexity index is 1490. The number of anilines is 1. The third-order valence-electron chi connectivity index (χ3n) is 7.32. The molecule has 2 atom stereocenters. The summed E-state index contributed by atoms with van der Waals surface area (Å²) in [6.45, 7) is 4.86. The summed E-state index contributed by atoms with van der Waals surface area (Å²) in [7, 11) is 0. The van der Waals surface area contributed by atoms with Crippen molar-refractivity contribution < 1.29 is 27.2 Å². The molecule has 0 unspecified atom stereocenters. The molecule has 0 radical (unpaired) electrons. The zero-order valence-corrected chi connectivity index (χ0v) is 20.4. The van der Waals surface area contributed by atoms with E-state index in [1.807, 2.05) is 32.0 Å². The first-order chi connectivity index (χ1) is 17.8. The van der Waals surface area contributed by atoms with Gasteiger partial charge in [0, 0.05) is 43.0 Å². The molecule has 2 fully saturated rings. The number of carbonyl (C=O) groups excluding carboxylic acids is 1. The Balaban J connectivity index is 1.52. The highest BCUT2D eigenvalue weighted by Crippen LogP contribution is 2.42. The van der Waals surface area contributed by atoms with E-state index in [1.165, 1.54) is 11.0 Å². The van der Waals surface area contributed by atoms with Crippen LogP contribution in [0.5, 0.6) is 0 Å². The molecule has 10 heteroatoms. The molecule has 0 spiro atoms. The van der Waals surface area contributed by atoms with Crippen molar-refractivity contribution in [2.24, 2.45) is 0 Å². The van der Waals surface area contributed by atoms with Crippen molar-refractivity contribution in [3.63, 3.8) is 0 Å². The second kappa shape index (κ2) is 9.02. The van der Waals surface area contributed by atoms with Crippen LogP contribution < -0.4 is 4.90 Å². The highest BCUT2D eigenvalue weighted by molar-refractivity contribution is 5.99. The molecule has 0 aliphatic carbocycles. The fraction of sp³-hybridized carbons (Fsp3) is 0.370. The molecule has 2 aliphatic rings. The number of hydrogen-bond donors (Lipinski definition) is 0. The molecule has 6 rings (SSSR count). The average Bonchev–Trinajstić information content (AvgIpc) is 3.53. The smallest absolute Gasteiger partial charge is 0.262 e. The second-order valence-corrected chi connectivity index (χ2v) is 9.61. The molecule has 0 N–H and O–H groups in total. The SMILES string of the molecule is Cc1noc(C)c1-c1ccc2c(c1)nc([C@@H]1C[C@H](F)C(=O)N1c1ccc(F)c(F)c1)n2C1CCOCC1. The van der Waals surface area contributed by atoms with Gasteiger partial charge < -0.3 is 13.8 Å². The van der Waals surface area contributed by atoms with Crippen LogP contribution in [0.2, 0.25) is 0 Å². The molecule has 0 bridgehead atoms. The van der Waals surface area contributed by atoms with Crippen LogP contribution >= 0.6 is 0 Å². The van der Waals surface area contributed by atoms with Crippen molar-refractivity contribution in [1.29, 1.82) is 0 Å². The van der Waals surface area contributed by atoms with Crippen LogP contribution in [0.15, 0.2) is 40.9 Å². The van der Waals surface area contributed by atoms with Gasteiger partial charge in [-0.25, -0.2) is 18.2 Å². The zero-order valence-electron chi connectivity index (χ0n) is 20.4. The molecule has 192 valence electrons. The number of aryl methyl sites for hydroxylation is 2.